The molecule has 0 amide bonds. The molecule has 0 saturated heterocycles. The molecule has 3 heteroatoms. The van der Waals surface area contributed by atoms with Gasteiger partial charge in [0.2, 0.25) is 0 Å². The molecule has 96 valence electrons. The predicted octanol–water partition coefficient (Wildman–Crippen LogP) is 3.05. The molecule has 17 heavy (non-hydrogen) atoms. The molecule has 0 spiro atoms. The van der Waals surface area contributed by atoms with Crippen molar-refractivity contribution in [2.45, 2.75) is 38.8 Å². The lowest BCUT2D eigenvalue weighted by Gasteiger charge is -2.41. The summed E-state index contributed by atoms with van der Waals surface area (Å²) in [7, 11) is 2.15. The van der Waals surface area contributed by atoms with Crippen molar-refractivity contribution in [2.75, 3.05) is 13.6 Å². The normalized spacial score (nSPS) is 15.3. The zero-order valence-electron chi connectivity index (χ0n) is 11.2. The van der Waals surface area contributed by atoms with Crippen LogP contribution in [0.5, 0.6) is 0 Å². The fraction of sp³-hybridized carbons (Fsp3) is 0.571. The Morgan fingerprint density at radius 1 is 1.29 bits per heavy atom. The van der Waals surface area contributed by atoms with Gasteiger partial charge >= 0.3 is 0 Å². The summed E-state index contributed by atoms with van der Waals surface area (Å²) in [6, 6.07) is 8.99. The smallest absolute Gasteiger partial charge is 0.0343 e. The summed E-state index contributed by atoms with van der Waals surface area (Å²) in [5.41, 5.74) is 7.32. The molecule has 1 unspecified atom stereocenters. The number of halogens is 1. The summed E-state index contributed by atoms with van der Waals surface area (Å²) in [6.07, 6.45) is 0.978. The summed E-state index contributed by atoms with van der Waals surface area (Å²) < 4.78 is 1.12. The number of rotatable bonds is 5. The second-order valence-corrected chi connectivity index (χ2v) is 6.12. The van der Waals surface area contributed by atoms with Crippen LogP contribution in [0, 0.1) is 0 Å². The molecular weight excluding hydrogens is 276 g/mol. The molecule has 1 aromatic rings. The van der Waals surface area contributed by atoms with Crippen molar-refractivity contribution in [1.82, 2.24) is 4.90 Å². The van der Waals surface area contributed by atoms with Crippen molar-refractivity contribution in [2.24, 2.45) is 5.73 Å². The number of likely N-dealkylation sites (N-methyl/N-ethyl adjacent to an activating group) is 1. The molecule has 2 nitrogen and oxygen atoms in total. The molecule has 0 aromatic heterocycles. The van der Waals surface area contributed by atoms with Crippen molar-refractivity contribution in [3.8, 4) is 0 Å². The van der Waals surface area contributed by atoms with Crippen LogP contribution in [0.1, 0.15) is 26.3 Å². The van der Waals surface area contributed by atoms with Gasteiger partial charge in [-0.15, -0.1) is 0 Å². The topological polar surface area (TPSA) is 29.3 Å². The van der Waals surface area contributed by atoms with Gasteiger partial charge in [0.25, 0.3) is 0 Å². The van der Waals surface area contributed by atoms with Gasteiger partial charge in [-0.3, -0.25) is 4.90 Å². The van der Waals surface area contributed by atoms with Gasteiger partial charge in [0, 0.05) is 22.6 Å². The quantitative estimate of drug-likeness (QED) is 0.905. The number of nitrogens with two attached hydrogens (primary N) is 1. The van der Waals surface area contributed by atoms with Crippen LogP contribution >= 0.6 is 15.9 Å². The Balaban J connectivity index is 2.85. The minimum Gasteiger partial charge on any atom is -0.329 e. The maximum Gasteiger partial charge on any atom is 0.0343 e. The molecule has 0 saturated carbocycles. The van der Waals surface area contributed by atoms with E-state index in [4.69, 9.17) is 5.73 Å². The van der Waals surface area contributed by atoms with E-state index in [0.29, 0.717) is 12.6 Å². The molecule has 1 aromatic carbocycles. The van der Waals surface area contributed by atoms with Crippen LogP contribution in [-0.4, -0.2) is 30.1 Å². The summed E-state index contributed by atoms with van der Waals surface area (Å²) in [4.78, 5) is 2.36. The summed E-state index contributed by atoms with van der Waals surface area (Å²) in [5, 5.41) is 0. The Kier molecular flexibility index (Phi) is 5.17. The van der Waals surface area contributed by atoms with Crippen molar-refractivity contribution in [1.29, 1.82) is 0 Å². The van der Waals surface area contributed by atoms with Gasteiger partial charge in [0.1, 0.15) is 0 Å². The van der Waals surface area contributed by atoms with E-state index in [0.717, 1.165) is 10.9 Å². The minimum atomic E-state index is 0.0159. The van der Waals surface area contributed by atoms with E-state index >= 15 is 0 Å². The first-order valence-electron chi connectivity index (χ1n) is 6.06. The first kappa shape index (κ1) is 14.7. The third-order valence-corrected chi connectivity index (χ3v) is 4.09. The van der Waals surface area contributed by atoms with E-state index in [2.05, 4.69) is 72.9 Å². The SMILES string of the molecule is CC(C)N(C)C(C)(CN)Cc1ccc(Br)cc1. The highest BCUT2D eigenvalue weighted by Gasteiger charge is 2.29. The van der Waals surface area contributed by atoms with Crippen molar-refractivity contribution in [3.05, 3.63) is 34.3 Å². The van der Waals surface area contributed by atoms with E-state index in [-0.39, 0.29) is 5.54 Å². The van der Waals surface area contributed by atoms with E-state index in [1.54, 1.807) is 0 Å². The van der Waals surface area contributed by atoms with Gasteiger partial charge in [0.15, 0.2) is 0 Å². The van der Waals surface area contributed by atoms with E-state index < -0.39 is 0 Å². The van der Waals surface area contributed by atoms with Crippen LogP contribution in [0.3, 0.4) is 0 Å². The number of nitrogens with zero attached hydrogens (tertiary/aromatic N) is 1. The minimum absolute atomic E-state index is 0.0159. The highest BCUT2D eigenvalue weighted by molar-refractivity contribution is 9.10. The van der Waals surface area contributed by atoms with E-state index in [1.165, 1.54) is 5.56 Å². The number of hydrogen-bond donors (Lipinski definition) is 1. The zero-order valence-corrected chi connectivity index (χ0v) is 12.8. The summed E-state index contributed by atoms with van der Waals surface area (Å²) in [6.45, 7) is 7.30. The Labute approximate surface area is 113 Å². The monoisotopic (exact) mass is 298 g/mol. The largest absolute Gasteiger partial charge is 0.329 e. The number of hydrogen-bond acceptors (Lipinski definition) is 2. The molecule has 0 bridgehead atoms. The van der Waals surface area contributed by atoms with Crippen molar-refractivity contribution in [3.63, 3.8) is 0 Å². The lowest BCUT2D eigenvalue weighted by Crippen LogP contribution is -2.53. The van der Waals surface area contributed by atoms with Crippen LogP contribution in [0.4, 0.5) is 0 Å². The van der Waals surface area contributed by atoms with Crippen LogP contribution in [0.25, 0.3) is 0 Å². The van der Waals surface area contributed by atoms with Crippen LogP contribution in [0.15, 0.2) is 28.7 Å². The van der Waals surface area contributed by atoms with Crippen LogP contribution in [0.2, 0.25) is 0 Å². The molecular formula is C14H23BrN2. The fourth-order valence-electron chi connectivity index (χ4n) is 2.01. The van der Waals surface area contributed by atoms with Gasteiger partial charge in [-0.25, -0.2) is 0 Å². The van der Waals surface area contributed by atoms with Crippen molar-refractivity contribution < 1.29 is 0 Å². The van der Waals surface area contributed by atoms with Crippen LogP contribution in [-0.2, 0) is 6.42 Å². The molecule has 1 atom stereocenters. The summed E-state index contributed by atoms with van der Waals surface area (Å²) >= 11 is 3.46. The van der Waals surface area contributed by atoms with E-state index in [1.807, 2.05) is 0 Å². The Morgan fingerprint density at radius 2 is 1.82 bits per heavy atom. The average molecular weight is 299 g/mol. The first-order chi connectivity index (χ1) is 7.89. The standard InChI is InChI=1S/C14H23BrN2/c1-11(2)17(4)14(3,10-16)9-12-5-7-13(15)8-6-12/h5-8,11H,9-10,16H2,1-4H3. The molecule has 0 aliphatic carbocycles. The Hall–Kier alpha value is -0.380. The average Bonchev–Trinajstić information content (AvgIpc) is 2.31. The van der Waals surface area contributed by atoms with Crippen LogP contribution < -0.4 is 5.73 Å². The zero-order chi connectivity index (χ0) is 13.1. The van der Waals surface area contributed by atoms with Gasteiger partial charge in [-0.2, -0.15) is 0 Å². The second-order valence-electron chi connectivity index (χ2n) is 5.21. The third-order valence-electron chi connectivity index (χ3n) is 3.56. The molecule has 1 rings (SSSR count). The molecule has 0 heterocycles. The molecule has 0 fully saturated rings. The Bertz CT molecular complexity index is 348. The van der Waals surface area contributed by atoms with Crippen molar-refractivity contribution >= 4 is 15.9 Å². The van der Waals surface area contributed by atoms with Gasteiger partial charge in [-0.05, 0) is 51.9 Å². The fourth-order valence-corrected chi connectivity index (χ4v) is 2.27. The van der Waals surface area contributed by atoms with Gasteiger partial charge in [0.05, 0.1) is 0 Å². The lowest BCUT2D eigenvalue weighted by atomic mass is 9.90. The highest BCUT2D eigenvalue weighted by atomic mass is 79.9. The predicted molar refractivity (Wildman–Crippen MR) is 78.2 cm³/mol. The molecule has 0 radical (unpaired) electrons. The maximum absolute atomic E-state index is 5.97. The third kappa shape index (κ3) is 3.80. The first-order valence-corrected chi connectivity index (χ1v) is 6.86. The molecule has 2 N–H and O–H groups in total. The maximum atomic E-state index is 5.97. The Morgan fingerprint density at radius 3 is 2.24 bits per heavy atom. The van der Waals surface area contributed by atoms with Gasteiger partial charge in [-0.1, -0.05) is 28.1 Å². The number of benzene rings is 1. The highest BCUT2D eigenvalue weighted by Crippen LogP contribution is 2.22. The second kappa shape index (κ2) is 5.98. The molecule has 0 aliphatic heterocycles. The summed E-state index contributed by atoms with van der Waals surface area (Å²) in [5.74, 6) is 0. The van der Waals surface area contributed by atoms with Gasteiger partial charge < -0.3 is 5.73 Å². The van der Waals surface area contributed by atoms with E-state index in [9.17, 15) is 0 Å². The lowest BCUT2D eigenvalue weighted by molar-refractivity contribution is 0.109. The molecule has 0 aliphatic rings.